The van der Waals surface area contributed by atoms with Crippen molar-refractivity contribution in [1.82, 2.24) is 15.2 Å². The Labute approximate surface area is 156 Å². The molecule has 0 spiro atoms. The summed E-state index contributed by atoms with van der Waals surface area (Å²) in [5, 5.41) is 11.7. The van der Waals surface area contributed by atoms with Crippen molar-refractivity contribution in [3.05, 3.63) is 72.3 Å². The summed E-state index contributed by atoms with van der Waals surface area (Å²) >= 11 is 0. The number of nitrogens with one attached hydrogen (secondary N) is 2. The molecule has 0 aliphatic carbocycles. The first-order valence-corrected chi connectivity index (χ1v) is 8.58. The van der Waals surface area contributed by atoms with Crippen molar-refractivity contribution in [3.63, 3.8) is 0 Å². The van der Waals surface area contributed by atoms with Crippen LogP contribution < -0.4 is 10.1 Å². The molecule has 0 saturated carbocycles. The summed E-state index contributed by atoms with van der Waals surface area (Å²) in [6, 6.07) is 21.6. The molecule has 1 aromatic heterocycles. The number of ether oxygens (including phenoxy) is 1. The molecular weight excluding hydrogens is 340 g/mol. The lowest BCUT2D eigenvalue weighted by Gasteiger charge is -2.06. The Bertz CT molecular complexity index is 1090. The van der Waals surface area contributed by atoms with Gasteiger partial charge in [0.2, 0.25) is 5.95 Å². The first-order chi connectivity index (χ1) is 13.2. The zero-order chi connectivity index (χ0) is 18.6. The van der Waals surface area contributed by atoms with Gasteiger partial charge in [0.05, 0.1) is 0 Å². The lowest BCUT2D eigenvalue weighted by atomic mass is 10.1. The number of rotatable bonds is 5. The van der Waals surface area contributed by atoms with Crippen molar-refractivity contribution < 1.29 is 9.53 Å². The van der Waals surface area contributed by atoms with E-state index < -0.39 is 0 Å². The van der Waals surface area contributed by atoms with Crippen LogP contribution in [-0.4, -0.2) is 27.7 Å². The SMILES string of the molecule is Cc1ccc(-c2nc(NC(=O)COc3ccc4ccccc4c3)n[nH]2)cc1. The highest BCUT2D eigenvalue weighted by molar-refractivity contribution is 5.90. The van der Waals surface area contributed by atoms with Gasteiger partial charge in [-0.15, -0.1) is 5.10 Å². The van der Waals surface area contributed by atoms with Crippen LogP contribution >= 0.6 is 0 Å². The third-order valence-corrected chi connectivity index (χ3v) is 4.15. The lowest BCUT2D eigenvalue weighted by molar-refractivity contribution is -0.118. The number of amides is 1. The van der Waals surface area contributed by atoms with E-state index in [1.54, 1.807) is 0 Å². The number of benzene rings is 3. The Hall–Kier alpha value is -3.67. The molecule has 3 aromatic carbocycles. The minimum Gasteiger partial charge on any atom is -0.484 e. The molecule has 0 bridgehead atoms. The highest BCUT2D eigenvalue weighted by Gasteiger charge is 2.10. The second kappa shape index (κ2) is 7.29. The van der Waals surface area contributed by atoms with Crippen molar-refractivity contribution in [2.24, 2.45) is 0 Å². The monoisotopic (exact) mass is 358 g/mol. The number of fused-ring (bicyclic) bond motifs is 1. The van der Waals surface area contributed by atoms with Gasteiger partial charge >= 0.3 is 0 Å². The molecule has 6 nitrogen and oxygen atoms in total. The number of aryl methyl sites for hydroxylation is 1. The Morgan fingerprint density at radius 1 is 1.04 bits per heavy atom. The minimum absolute atomic E-state index is 0.118. The summed E-state index contributed by atoms with van der Waals surface area (Å²) in [5.74, 6) is 1.13. The van der Waals surface area contributed by atoms with Crippen LogP contribution in [0, 0.1) is 6.92 Å². The van der Waals surface area contributed by atoms with Crippen molar-refractivity contribution in [2.75, 3.05) is 11.9 Å². The van der Waals surface area contributed by atoms with E-state index in [9.17, 15) is 4.79 Å². The van der Waals surface area contributed by atoms with Crippen LogP contribution in [0.2, 0.25) is 0 Å². The van der Waals surface area contributed by atoms with Crippen molar-refractivity contribution in [2.45, 2.75) is 6.92 Å². The predicted molar refractivity (Wildman–Crippen MR) is 105 cm³/mol. The normalized spacial score (nSPS) is 10.7. The topological polar surface area (TPSA) is 79.9 Å². The van der Waals surface area contributed by atoms with Crippen molar-refractivity contribution in [3.8, 4) is 17.1 Å². The molecule has 0 fully saturated rings. The highest BCUT2D eigenvalue weighted by atomic mass is 16.5. The van der Waals surface area contributed by atoms with E-state index in [-0.39, 0.29) is 18.5 Å². The molecule has 6 heteroatoms. The van der Waals surface area contributed by atoms with E-state index in [0.29, 0.717) is 11.6 Å². The molecule has 0 unspecified atom stereocenters. The summed E-state index contributed by atoms with van der Waals surface area (Å²) in [6.07, 6.45) is 0. The molecule has 1 heterocycles. The first-order valence-electron chi connectivity index (χ1n) is 8.58. The van der Waals surface area contributed by atoms with Crippen LogP contribution in [0.3, 0.4) is 0 Å². The molecular formula is C21H18N4O2. The van der Waals surface area contributed by atoms with Gasteiger partial charge in [0, 0.05) is 5.56 Å². The average Bonchev–Trinajstić information content (AvgIpc) is 3.15. The predicted octanol–water partition coefficient (Wildman–Crippen LogP) is 3.95. The number of anilines is 1. The zero-order valence-corrected chi connectivity index (χ0v) is 14.8. The number of carbonyl (C=O) groups excluding carboxylic acids is 1. The van der Waals surface area contributed by atoms with Crippen molar-refractivity contribution in [1.29, 1.82) is 0 Å². The largest absolute Gasteiger partial charge is 0.484 e. The van der Waals surface area contributed by atoms with Crippen LogP contribution in [0.1, 0.15) is 5.56 Å². The van der Waals surface area contributed by atoms with Gasteiger partial charge in [-0.1, -0.05) is 60.2 Å². The molecule has 4 aromatic rings. The average molecular weight is 358 g/mol. The summed E-state index contributed by atoms with van der Waals surface area (Å²) in [7, 11) is 0. The summed E-state index contributed by atoms with van der Waals surface area (Å²) < 4.78 is 5.57. The second-order valence-corrected chi connectivity index (χ2v) is 6.22. The Balaban J connectivity index is 1.37. The van der Waals surface area contributed by atoms with Gasteiger partial charge in [0.15, 0.2) is 12.4 Å². The number of aromatic amines is 1. The van der Waals surface area contributed by atoms with E-state index in [1.807, 2.05) is 73.7 Å². The fourth-order valence-corrected chi connectivity index (χ4v) is 2.73. The van der Waals surface area contributed by atoms with Crippen LogP contribution in [-0.2, 0) is 4.79 Å². The third-order valence-electron chi connectivity index (χ3n) is 4.15. The Morgan fingerprint density at radius 3 is 2.63 bits per heavy atom. The van der Waals surface area contributed by atoms with Gasteiger partial charge < -0.3 is 4.74 Å². The zero-order valence-electron chi connectivity index (χ0n) is 14.8. The fraction of sp³-hybridized carbons (Fsp3) is 0.0952. The number of hydrogen-bond donors (Lipinski definition) is 2. The summed E-state index contributed by atoms with van der Waals surface area (Å²) in [5.41, 5.74) is 2.07. The molecule has 0 aliphatic heterocycles. The third kappa shape index (κ3) is 3.95. The van der Waals surface area contributed by atoms with Crippen LogP contribution in [0.15, 0.2) is 66.7 Å². The van der Waals surface area contributed by atoms with E-state index in [1.165, 1.54) is 0 Å². The Kier molecular flexibility index (Phi) is 4.53. The fourth-order valence-electron chi connectivity index (χ4n) is 2.73. The summed E-state index contributed by atoms with van der Waals surface area (Å²) in [6.45, 7) is 1.90. The van der Waals surface area contributed by atoms with Gasteiger partial charge in [-0.25, -0.2) is 0 Å². The molecule has 0 atom stereocenters. The van der Waals surface area contributed by atoms with Gasteiger partial charge in [0.25, 0.3) is 5.91 Å². The molecule has 27 heavy (non-hydrogen) atoms. The highest BCUT2D eigenvalue weighted by Crippen LogP contribution is 2.20. The van der Waals surface area contributed by atoms with Gasteiger partial charge in [-0.2, -0.15) is 4.98 Å². The second-order valence-electron chi connectivity index (χ2n) is 6.22. The maximum atomic E-state index is 12.1. The molecule has 0 saturated heterocycles. The van der Waals surface area contributed by atoms with Crippen molar-refractivity contribution >= 4 is 22.6 Å². The number of hydrogen-bond acceptors (Lipinski definition) is 4. The van der Waals surface area contributed by atoms with E-state index >= 15 is 0 Å². The number of H-pyrrole nitrogens is 1. The Morgan fingerprint density at radius 2 is 1.81 bits per heavy atom. The van der Waals surface area contributed by atoms with Gasteiger partial charge in [-0.05, 0) is 29.8 Å². The maximum Gasteiger partial charge on any atom is 0.264 e. The summed E-state index contributed by atoms with van der Waals surface area (Å²) in [4.78, 5) is 16.4. The van der Waals surface area contributed by atoms with E-state index in [2.05, 4.69) is 20.5 Å². The molecule has 134 valence electrons. The van der Waals surface area contributed by atoms with Crippen LogP contribution in [0.25, 0.3) is 22.2 Å². The number of nitrogens with zero attached hydrogens (tertiary/aromatic N) is 2. The molecule has 2 N–H and O–H groups in total. The standard InChI is InChI=1S/C21H18N4O2/c1-14-6-8-16(9-7-14)20-23-21(25-24-20)22-19(26)13-27-18-11-10-15-4-2-3-5-17(15)12-18/h2-12H,13H2,1H3,(H2,22,23,24,25,26). The molecule has 0 aliphatic rings. The molecule has 1 amide bonds. The number of aromatic nitrogens is 3. The van der Waals surface area contributed by atoms with E-state index in [0.717, 1.165) is 21.9 Å². The van der Waals surface area contributed by atoms with Crippen LogP contribution in [0.5, 0.6) is 5.75 Å². The van der Waals surface area contributed by atoms with Crippen LogP contribution in [0.4, 0.5) is 5.95 Å². The minimum atomic E-state index is -0.322. The lowest BCUT2D eigenvalue weighted by Crippen LogP contribution is -2.20. The maximum absolute atomic E-state index is 12.1. The molecule has 4 rings (SSSR count). The first kappa shape index (κ1) is 16.8. The quantitative estimate of drug-likeness (QED) is 0.566. The van der Waals surface area contributed by atoms with E-state index in [4.69, 9.17) is 4.74 Å². The van der Waals surface area contributed by atoms with Gasteiger partial charge in [-0.3, -0.25) is 15.2 Å². The number of carbonyl (C=O) groups is 1. The molecule has 0 radical (unpaired) electrons. The van der Waals surface area contributed by atoms with Gasteiger partial charge in [0.1, 0.15) is 5.75 Å². The smallest absolute Gasteiger partial charge is 0.264 e.